The van der Waals surface area contributed by atoms with E-state index < -0.39 is 23.9 Å². The number of esters is 1. The summed E-state index contributed by atoms with van der Waals surface area (Å²) in [6, 6.07) is 6.98. The number of nitrogens with one attached hydrogen (secondary N) is 1. The molecule has 2 aromatic heterocycles. The third-order valence-corrected chi connectivity index (χ3v) is 6.48. The Labute approximate surface area is 226 Å². The number of hydrogen-bond donors (Lipinski definition) is 1. The number of amides is 2. The standard InChI is InChI=1S/C29H42N4O5/c1-29(2,3)38-26(34)18-25(22-11-8-16-30-19-22)33(20-27(36-4)37-5)28(35)31-17-9-12-23-15-14-21-10-6-7-13-24(21)32-23/h8,11,14-16,19,25,27H,6-7,9-10,12-13,17-18,20H2,1-5H3,(H,31,35). The van der Waals surface area contributed by atoms with E-state index in [2.05, 4.69) is 22.4 Å². The maximum atomic E-state index is 13.5. The summed E-state index contributed by atoms with van der Waals surface area (Å²) < 4.78 is 16.4. The third-order valence-electron chi connectivity index (χ3n) is 6.48. The van der Waals surface area contributed by atoms with Crippen molar-refractivity contribution < 1.29 is 23.8 Å². The minimum absolute atomic E-state index is 0.0322. The highest BCUT2D eigenvalue weighted by Gasteiger charge is 2.31. The number of rotatable bonds is 12. The monoisotopic (exact) mass is 526 g/mol. The topological polar surface area (TPSA) is 103 Å². The van der Waals surface area contributed by atoms with Gasteiger partial charge < -0.3 is 24.4 Å². The lowest BCUT2D eigenvalue weighted by molar-refractivity contribution is -0.157. The molecule has 2 aromatic rings. The first kappa shape index (κ1) is 29.5. The van der Waals surface area contributed by atoms with E-state index in [1.165, 1.54) is 38.3 Å². The molecule has 0 saturated carbocycles. The van der Waals surface area contributed by atoms with E-state index in [0.29, 0.717) is 6.54 Å². The third kappa shape index (κ3) is 9.06. The second kappa shape index (κ2) is 14.2. The van der Waals surface area contributed by atoms with E-state index in [4.69, 9.17) is 19.2 Å². The van der Waals surface area contributed by atoms with Gasteiger partial charge in [-0.1, -0.05) is 12.1 Å². The maximum Gasteiger partial charge on any atom is 0.318 e. The fourth-order valence-electron chi connectivity index (χ4n) is 4.61. The number of aromatic nitrogens is 2. The Morgan fingerprint density at radius 3 is 2.55 bits per heavy atom. The molecule has 0 aromatic carbocycles. The van der Waals surface area contributed by atoms with Crippen LogP contribution in [0.5, 0.6) is 0 Å². The summed E-state index contributed by atoms with van der Waals surface area (Å²) in [6.45, 7) is 6.03. The zero-order valence-electron chi connectivity index (χ0n) is 23.4. The first-order chi connectivity index (χ1) is 18.2. The number of urea groups is 1. The number of carbonyl (C=O) groups is 2. The maximum absolute atomic E-state index is 13.5. The van der Waals surface area contributed by atoms with Crippen LogP contribution in [0.2, 0.25) is 0 Å². The lowest BCUT2D eigenvalue weighted by atomic mass is 9.95. The van der Waals surface area contributed by atoms with E-state index in [9.17, 15) is 9.59 Å². The van der Waals surface area contributed by atoms with Crippen LogP contribution in [0, 0.1) is 0 Å². The number of fused-ring (bicyclic) bond motifs is 1. The van der Waals surface area contributed by atoms with Gasteiger partial charge >= 0.3 is 12.0 Å². The van der Waals surface area contributed by atoms with Crippen LogP contribution in [0.25, 0.3) is 0 Å². The van der Waals surface area contributed by atoms with Crippen molar-refractivity contribution in [2.24, 2.45) is 0 Å². The molecule has 1 atom stereocenters. The van der Waals surface area contributed by atoms with Gasteiger partial charge in [0.2, 0.25) is 0 Å². The van der Waals surface area contributed by atoms with Crippen molar-refractivity contribution in [2.45, 2.75) is 83.6 Å². The Morgan fingerprint density at radius 2 is 1.87 bits per heavy atom. The highest BCUT2D eigenvalue weighted by molar-refractivity contribution is 5.77. The Balaban J connectivity index is 1.70. The summed E-state index contributed by atoms with van der Waals surface area (Å²) in [7, 11) is 3.03. The molecule has 0 aliphatic heterocycles. The van der Waals surface area contributed by atoms with E-state index in [-0.39, 0.29) is 19.0 Å². The molecule has 1 N–H and O–H groups in total. The average molecular weight is 527 g/mol. The largest absolute Gasteiger partial charge is 0.460 e. The number of aryl methyl sites for hydroxylation is 3. The smallest absolute Gasteiger partial charge is 0.318 e. The first-order valence-electron chi connectivity index (χ1n) is 13.4. The molecular formula is C29H42N4O5. The predicted molar refractivity (Wildman–Crippen MR) is 145 cm³/mol. The summed E-state index contributed by atoms with van der Waals surface area (Å²) >= 11 is 0. The molecule has 0 spiro atoms. The fourth-order valence-corrected chi connectivity index (χ4v) is 4.61. The Hall–Kier alpha value is -3.04. The summed E-state index contributed by atoms with van der Waals surface area (Å²) in [5.41, 5.74) is 3.71. The van der Waals surface area contributed by atoms with Crippen molar-refractivity contribution in [3.63, 3.8) is 0 Å². The van der Waals surface area contributed by atoms with Gasteiger partial charge in [0.1, 0.15) is 5.60 Å². The molecule has 1 unspecified atom stereocenters. The SMILES string of the molecule is COC(CN(C(=O)NCCCc1ccc2c(n1)CCCC2)C(CC(=O)OC(C)(C)C)c1cccnc1)OC. The van der Waals surface area contributed by atoms with Gasteiger partial charge in [-0.05, 0) is 82.6 Å². The molecule has 1 aliphatic rings. The Kier molecular flexibility index (Phi) is 11.0. The van der Waals surface area contributed by atoms with Crippen molar-refractivity contribution in [3.8, 4) is 0 Å². The zero-order valence-corrected chi connectivity index (χ0v) is 23.4. The molecule has 2 heterocycles. The Morgan fingerprint density at radius 1 is 1.11 bits per heavy atom. The van der Waals surface area contributed by atoms with Crippen LogP contribution in [0.3, 0.4) is 0 Å². The molecule has 9 heteroatoms. The molecule has 0 bridgehead atoms. The van der Waals surface area contributed by atoms with Gasteiger partial charge in [-0.3, -0.25) is 14.8 Å². The fraction of sp³-hybridized carbons (Fsp3) is 0.586. The van der Waals surface area contributed by atoms with Crippen LogP contribution < -0.4 is 5.32 Å². The number of carbonyl (C=O) groups excluding carboxylic acids is 2. The first-order valence-corrected chi connectivity index (χ1v) is 13.4. The van der Waals surface area contributed by atoms with Crippen molar-refractivity contribution >= 4 is 12.0 Å². The molecule has 9 nitrogen and oxygen atoms in total. The lowest BCUT2D eigenvalue weighted by Crippen LogP contribution is -2.47. The van der Waals surface area contributed by atoms with Crippen molar-refractivity contribution in [3.05, 3.63) is 59.2 Å². The van der Waals surface area contributed by atoms with Gasteiger partial charge in [0, 0.05) is 44.5 Å². The van der Waals surface area contributed by atoms with Gasteiger partial charge in [-0.15, -0.1) is 0 Å². The van der Waals surface area contributed by atoms with Gasteiger partial charge in [-0.2, -0.15) is 0 Å². The van der Waals surface area contributed by atoms with Gasteiger partial charge in [0.05, 0.1) is 19.0 Å². The predicted octanol–water partition coefficient (Wildman–Crippen LogP) is 4.39. The molecular weight excluding hydrogens is 484 g/mol. The molecule has 3 rings (SSSR count). The number of methoxy groups -OCH3 is 2. The summed E-state index contributed by atoms with van der Waals surface area (Å²) in [5, 5.41) is 3.02. The van der Waals surface area contributed by atoms with E-state index in [0.717, 1.165) is 36.9 Å². The minimum atomic E-state index is -0.668. The normalized spacial score (nSPS) is 14.1. The van der Waals surface area contributed by atoms with Crippen LogP contribution in [0.1, 0.15) is 75.0 Å². The number of nitrogens with zero attached hydrogens (tertiary/aromatic N) is 3. The van der Waals surface area contributed by atoms with E-state index in [1.807, 2.05) is 26.8 Å². The van der Waals surface area contributed by atoms with E-state index >= 15 is 0 Å². The number of ether oxygens (including phenoxy) is 3. The van der Waals surface area contributed by atoms with Gasteiger partial charge in [0.15, 0.2) is 6.29 Å². The molecule has 208 valence electrons. The second-order valence-corrected chi connectivity index (χ2v) is 10.6. The zero-order chi connectivity index (χ0) is 27.5. The number of pyridine rings is 2. The van der Waals surface area contributed by atoms with Gasteiger partial charge in [0.25, 0.3) is 0 Å². The Bertz CT molecular complexity index is 1040. The van der Waals surface area contributed by atoms with Crippen molar-refractivity contribution in [1.29, 1.82) is 0 Å². The van der Waals surface area contributed by atoms with Crippen LogP contribution in [0.15, 0.2) is 36.7 Å². The molecule has 1 aliphatic carbocycles. The number of hydrogen-bond acceptors (Lipinski definition) is 7. The highest BCUT2D eigenvalue weighted by atomic mass is 16.7. The highest BCUT2D eigenvalue weighted by Crippen LogP contribution is 2.27. The lowest BCUT2D eigenvalue weighted by Gasteiger charge is -2.34. The van der Waals surface area contributed by atoms with E-state index in [1.54, 1.807) is 23.4 Å². The van der Waals surface area contributed by atoms with Crippen molar-refractivity contribution in [1.82, 2.24) is 20.2 Å². The summed E-state index contributed by atoms with van der Waals surface area (Å²) in [6.07, 6.45) is 8.71. The quantitative estimate of drug-likeness (QED) is 0.249. The minimum Gasteiger partial charge on any atom is -0.460 e. The molecule has 2 amide bonds. The summed E-state index contributed by atoms with van der Waals surface area (Å²) in [4.78, 5) is 37.0. The second-order valence-electron chi connectivity index (χ2n) is 10.6. The van der Waals surface area contributed by atoms with Gasteiger partial charge in [-0.25, -0.2) is 4.79 Å². The van der Waals surface area contributed by atoms with Crippen LogP contribution >= 0.6 is 0 Å². The van der Waals surface area contributed by atoms with Crippen LogP contribution in [-0.2, 0) is 38.3 Å². The van der Waals surface area contributed by atoms with Crippen LogP contribution in [-0.4, -0.2) is 66.1 Å². The molecule has 38 heavy (non-hydrogen) atoms. The van der Waals surface area contributed by atoms with Crippen LogP contribution in [0.4, 0.5) is 4.79 Å². The molecule has 0 fully saturated rings. The summed E-state index contributed by atoms with van der Waals surface area (Å²) in [5.74, 6) is -0.408. The van der Waals surface area contributed by atoms with Crippen molar-refractivity contribution in [2.75, 3.05) is 27.3 Å². The molecule has 0 saturated heterocycles. The average Bonchev–Trinajstić information content (AvgIpc) is 2.90. The molecule has 0 radical (unpaired) electrons.